The highest BCUT2D eigenvalue weighted by atomic mass is 35.5. The van der Waals surface area contributed by atoms with E-state index >= 15 is 0 Å². The van der Waals surface area contributed by atoms with E-state index in [1.807, 2.05) is 18.2 Å². The van der Waals surface area contributed by atoms with Gasteiger partial charge in [0.25, 0.3) is 0 Å². The molecule has 0 saturated heterocycles. The van der Waals surface area contributed by atoms with Crippen molar-refractivity contribution in [1.29, 1.82) is 0 Å². The van der Waals surface area contributed by atoms with Gasteiger partial charge in [-0.3, -0.25) is 0 Å². The van der Waals surface area contributed by atoms with Crippen LogP contribution in [0.5, 0.6) is 0 Å². The quantitative estimate of drug-likeness (QED) is 0.358. The van der Waals surface area contributed by atoms with Crippen LogP contribution >= 0.6 is 23.2 Å². The van der Waals surface area contributed by atoms with E-state index in [1.54, 1.807) is 13.2 Å². The molecular formula is C18H19Cl2NO. The first kappa shape index (κ1) is 16.9. The van der Waals surface area contributed by atoms with Gasteiger partial charge in [0.1, 0.15) is 7.11 Å². The summed E-state index contributed by atoms with van der Waals surface area (Å²) in [6, 6.07) is 16.0. The number of unbranched alkanes of at least 4 members (excludes halogenated alkanes) is 1. The number of benzene rings is 2. The molecular weight excluding hydrogens is 317 g/mol. The molecule has 0 radical (unpaired) electrons. The number of rotatable bonds is 7. The summed E-state index contributed by atoms with van der Waals surface area (Å²) in [5.41, 5.74) is 3.22. The van der Waals surface area contributed by atoms with Crippen LogP contribution in [-0.2, 0) is 11.3 Å². The van der Waals surface area contributed by atoms with Gasteiger partial charge in [0.15, 0.2) is 0 Å². The normalized spacial score (nSPS) is 11.5. The molecule has 0 heterocycles. The number of halogens is 2. The molecule has 0 bridgehead atoms. The third kappa shape index (κ3) is 5.04. The second-order valence-electron chi connectivity index (χ2n) is 5.04. The lowest BCUT2D eigenvalue weighted by Crippen LogP contribution is -2.02. The number of hydrogen-bond donors (Lipinski definition) is 0. The lowest BCUT2D eigenvalue weighted by Gasteiger charge is -2.07. The Morgan fingerprint density at radius 3 is 2.45 bits per heavy atom. The zero-order chi connectivity index (χ0) is 15.8. The van der Waals surface area contributed by atoms with Crippen LogP contribution in [0.25, 0.3) is 0 Å². The van der Waals surface area contributed by atoms with Gasteiger partial charge in [0.2, 0.25) is 0 Å². The van der Waals surface area contributed by atoms with Gasteiger partial charge in [-0.2, -0.15) is 0 Å². The molecule has 0 spiro atoms. The van der Waals surface area contributed by atoms with Gasteiger partial charge in [-0.1, -0.05) is 64.8 Å². The zero-order valence-corrected chi connectivity index (χ0v) is 14.1. The van der Waals surface area contributed by atoms with Gasteiger partial charge in [-0.15, -0.1) is 0 Å². The van der Waals surface area contributed by atoms with Crippen LogP contribution in [0, 0.1) is 0 Å². The van der Waals surface area contributed by atoms with Crippen LogP contribution in [0.1, 0.15) is 30.4 Å². The minimum atomic E-state index is 0.534. The number of aryl methyl sites for hydroxylation is 1. The topological polar surface area (TPSA) is 21.6 Å². The summed E-state index contributed by atoms with van der Waals surface area (Å²) in [6.45, 7) is 0. The molecule has 22 heavy (non-hydrogen) atoms. The summed E-state index contributed by atoms with van der Waals surface area (Å²) in [5, 5.41) is 5.21. The van der Waals surface area contributed by atoms with Gasteiger partial charge in [0, 0.05) is 5.56 Å². The fraction of sp³-hybridized carbons (Fsp3) is 0.278. The zero-order valence-electron chi connectivity index (χ0n) is 12.6. The van der Waals surface area contributed by atoms with E-state index in [0.717, 1.165) is 37.0 Å². The fourth-order valence-electron chi connectivity index (χ4n) is 2.29. The van der Waals surface area contributed by atoms with Crippen molar-refractivity contribution in [1.82, 2.24) is 0 Å². The van der Waals surface area contributed by atoms with Crippen molar-refractivity contribution in [3.05, 3.63) is 69.7 Å². The first-order valence-electron chi connectivity index (χ1n) is 7.30. The van der Waals surface area contributed by atoms with Gasteiger partial charge in [-0.05, 0) is 43.4 Å². The minimum Gasteiger partial charge on any atom is -0.399 e. The van der Waals surface area contributed by atoms with Crippen LogP contribution in [0.15, 0.2) is 53.7 Å². The Morgan fingerprint density at radius 1 is 1.00 bits per heavy atom. The summed E-state index contributed by atoms with van der Waals surface area (Å²) in [7, 11) is 1.56. The molecule has 0 aliphatic carbocycles. The van der Waals surface area contributed by atoms with Crippen LogP contribution in [0.2, 0.25) is 10.0 Å². The Labute approximate surface area is 141 Å². The Balaban J connectivity index is 1.92. The van der Waals surface area contributed by atoms with Crippen molar-refractivity contribution in [3.63, 3.8) is 0 Å². The predicted octanol–water partition coefficient (Wildman–Crippen LogP) is 5.76. The molecule has 0 N–H and O–H groups in total. The fourth-order valence-corrected chi connectivity index (χ4v) is 2.59. The Kier molecular flexibility index (Phi) is 6.75. The summed E-state index contributed by atoms with van der Waals surface area (Å²) in [6.07, 6.45) is 4.06. The molecule has 0 amide bonds. The molecule has 4 heteroatoms. The van der Waals surface area contributed by atoms with Crippen molar-refractivity contribution in [2.24, 2.45) is 5.16 Å². The molecule has 0 aromatic heterocycles. The predicted molar refractivity (Wildman–Crippen MR) is 94.0 cm³/mol. The molecule has 2 aromatic carbocycles. The molecule has 2 nitrogen and oxygen atoms in total. The van der Waals surface area contributed by atoms with E-state index in [2.05, 4.69) is 29.4 Å². The molecule has 0 atom stereocenters. The van der Waals surface area contributed by atoms with Crippen molar-refractivity contribution in [2.45, 2.75) is 25.7 Å². The molecule has 0 saturated carbocycles. The summed E-state index contributed by atoms with van der Waals surface area (Å²) < 4.78 is 0. The van der Waals surface area contributed by atoms with E-state index in [9.17, 15) is 0 Å². The first-order valence-corrected chi connectivity index (χ1v) is 8.05. The number of hydrogen-bond acceptors (Lipinski definition) is 2. The van der Waals surface area contributed by atoms with Crippen LogP contribution in [0.3, 0.4) is 0 Å². The molecule has 0 aliphatic rings. The third-order valence-corrected chi connectivity index (χ3v) is 4.17. The molecule has 116 valence electrons. The maximum atomic E-state index is 6.07. The van der Waals surface area contributed by atoms with Crippen molar-refractivity contribution in [2.75, 3.05) is 7.11 Å². The average Bonchev–Trinajstić information content (AvgIpc) is 2.54. The second-order valence-corrected chi connectivity index (χ2v) is 5.86. The minimum absolute atomic E-state index is 0.534. The van der Waals surface area contributed by atoms with E-state index < -0.39 is 0 Å². The van der Waals surface area contributed by atoms with Gasteiger partial charge >= 0.3 is 0 Å². The van der Waals surface area contributed by atoms with Crippen LogP contribution in [0.4, 0.5) is 0 Å². The highest BCUT2D eigenvalue weighted by Gasteiger charge is 2.07. The highest BCUT2D eigenvalue weighted by Crippen LogP contribution is 2.24. The van der Waals surface area contributed by atoms with E-state index in [-0.39, 0.29) is 0 Å². The van der Waals surface area contributed by atoms with Gasteiger partial charge < -0.3 is 4.84 Å². The number of oxime groups is 1. The highest BCUT2D eigenvalue weighted by molar-refractivity contribution is 6.42. The largest absolute Gasteiger partial charge is 0.399 e. The van der Waals surface area contributed by atoms with E-state index in [1.165, 1.54) is 5.56 Å². The molecule has 0 unspecified atom stereocenters. The van der Waals surface area contributed by atoms with Crippen molar-refractivity contribution < 1.29 is 4.84 Å². The van der Waals surface area contributed by atoms with E-state index in [4.69, 9.17) is 28.0 Å². The van der Waals surface area contributed by atoms with Crippen molar-refractivity contribution >= 4 is 28.9 Å². The summed E-state index contributed by atoms with van der Waals surface area (Å²) >= 11 is 12.0. The lowest BCUT2D eigenvalue weighted by atomic mass is 10.0. The Hall–Kier alpha value is -1.51. The molecule has 0 aliphatic heterocycles. The maximum absolute atomic E-state index is 6.07. The van der Waals surface area contributed by atoms with Crippen LogP contribution < -0.4 is 0 Å². The Bertz CT molecular complexity index is 626. The molecule has 2 rings (SSSR count). The van der Waals surface area contributed by atoms with Crippen LogP contribution in [-0.4, -0.2) is 12.8 Å². The maximum Gasteiger partial charge on any atom is 0.106 e. The summed E-state index contributed by atoms with van der Waals surface area (Å²) in [5.74, 6) is 0. The third-order valence-electron chi connectivity index (χ3n) is 3.43. The first-order chi connectivity index (χ1) is 10.7. The monoisotopic (exact) mass is 335 g/mol. The van der Waals surface area contributed by atoms with Gasteiger partial charge in [0.05, 0.1) is 15.8 Å². The second kappa shape index (κ2) is 8.82. The average molecular weight is 336 g/mol. The smallest absolute Gasteiger partial charge is 0.106 e. The van der Waals surface area contributed by atoms with E-state index in [0.29, 0.717) is 10.0 Å². The summed E-state index contributed by atoms with van der Waals surface area (Å²) in [4.78, 5) is 4.96. The van der Waals surface area contributed by atoms with Crippen molar-refractivity contribution in [3.8, 4) is 0 Å². The standard InChI is InChI=1S/C18H19Cl2NO/c1-22-21-18(15-11-12-16(19)17(20)13-15)10-6-5-9-14-7-3-2-4-8-14/h2-4,7-8,11-13H,5-6,9-10H2,1H3/b21-18-. The SMILES string of the molecule is CO/N=C(/CCCCc1ccccc1)c1ccc(Cl)c(Cl)c1. The number of nitrogens with zero attached hydrogens (tertiary/aromatic N) is 1. The Morgan fingerprint density at radius 2 is 1.77 bits per heavy atom. The van der Waals surface area contributed by atoms with Gasteiger partial charge in [-0.25, -0.2) is 0 Å². The molecule has 0 fully saturated rings. The molecule has 2 aromatic rings. The lowest BCUT2D eigenvalue weighted by molar-refractivity contribution is 0.212.